The molecule has 0 aliphatic rings. The summed E-state index contributed by atoms with van der Waals surface area (Å²) < 4.78 is 23.4. The fourth-order valence-electron chi connectivity index (χ4n) is 1.92. The summed E-state index contributed by atoms with van der Waals surface area (Å²) in [6, 6.07) is 4.52. The van der Waals surface area contributed by atoms with E-state index in [2.05, 4.69) is 10.3 Å². The number of aromatic nitrogens is 1. The summed E-state index contributed by atoms with van der Waals surface area (Å²) in [5, 5.41) is 4.70. The maximum absolute atomic E-state index is 13.7. The van der Waals surface area contributed by atoms with Gasteiger partial charge in [0.2, 0.25) is 5.91 Å². The van der Waals surface area contributed by atoms with Crippen LogP contribution in [0.2, 0.25) is 0 Å². The molecule has 0 unspecified atom stereocenters. The Morgan fingerprint density at radius 1 is 1.33 bits per heavy atom. The molecule has 0 spiro atoms. The molecule has 6 nitrogen and oxygen atoms in total. The molecule has 0 saturated heterocycles. The molecule has 2 rings (SSSR count). The van der Waals surface area contributed by atoms with E-state index in [0.717, 1.165) is 0 Å². The summed E-state index contributed by atoms with van der Waals surface area (Å²) in [6.07, 6.45) is 0.0342. The van der Waals surface area contributed by atoms with Crippen LogP contribution in [0, 0.1) is 5.82 Å². The highest BCUT2D eigenvalue weighted by Gasteiger charge is 2.12. The topological polar surface area (TPSA) is 77.5 Å². The largest absolute Gasteiger partial charge is 0.494 e. The van der Waals surface area contributed by atoms with Gasteiger partial charge in [-0.25, -0.2) is 9.37 Å². The van der Waals surface area contributed by atoms with Crippen molar-refractivity contribution in [3.05, 3.63) is 29.4 Å². The number of rotatable bonds is 7. The van der Waals surface area contributed by atoms with E-state index in [9.17, 15) is 14.0 Å². The van der Waals surface area contributed by atoms with E-state index in [1.807, 2.05) is 0 Å². The molecule has 1 aromatic heterocycles. The zero-order valence-corrected chi connectivity index (χ0v) is 14.1. The lowest BCUT2D eigenvalue weighted by molar-refractivity contribution is -0.144. The number of anilines is 1. The van der Waals surface area contributed by atoms with Crippen molar-refractivity contribution in [3.63, 3.8) is 0 Å². The van der Waals surface area contributed by atoms with E-state index in [4.69, 9.17) is 9.47 Å². The first kappa shape index (κ1) is 17.9. The molecule has 1 amide bonds. The minimum Gasteiger partial charge on any atom is -0.494 e. The Morgan fingerprint density at radius 3 is 2.79 bits per heavy atom. The SMILES string of the molecule is CCOC(=O)CCC(=O)Nc1nc(-c2ccc(OC)c(F)c2)cs1. The van der Waals surface area contributed by atoms with Crippen LogP contribution in [0.5, 0.6) is 5.75 Å². The summed E-state index contributed by atoms with van der Waals surface area (Å²) in [7, 11) is 1.39. The van der Waals surface area contributed by atoms with Gasteiger partial charge in [0.25, 0.3) is 0 Å². The Labute approximate surface area is 142 Å². The lowest BCUT2D eigenvalue weighted by Crippen LogP contribution is -2.14. The third-order valence-electron chi connectivity index (χ3n) is 3.06. The number of nitrogens with zero attached hydrogens (tertiary/aromatic N) is 1. The van der Waals surface area contributed by atoms with Gasteiger partial charge in [-0.2, -0.15) is 0 Å². The second-order valence-electron chi connectivity index (χ2n) is 4.74. The summed E-state index contributed by atoms with van der Waals surface area (Å²) >= 11 is 1.22. The fraction of sp³-hybridized carbons (Fsp3) is 0.312. The first-order valence-corrected chi connectivity index (χ1v) is 8.16. The first-order valence-electron chi connectivity index (χ1n) is 7.28. The van der Waals surface area contributed by atoms with Gasteiger partial charge >= 0.3 is 5.97 Å². The Morgan fingerprint density at radius 2 is 2.12 bits per heavy atom. The highest BCUT2D eigenvalue weighted by Crippen LogP contribution is 2.28. The molecule has 1 aromatic carbocycles. The van der Waals surface area contributed by atoms with Gasteiger partial charge in [-0.15, -0.1) is 11.3 Å². The lowest BCUT2D eigenvalue weighted by atomic mass is 10.1. The monoisotopic (exact) mass is 352 g/mol. The molecule has 0 aliphatic carbocycles. The fourth-order valence-corrected chi connectivity index (χ4v) is 2.66. The first-order chi connectivity index (χ1) is 11.5. The van der Waals surface area contributed by atoms with Crippen molar-refractivity contribution in [2.24, 2.45) is 0 Å². The van der Waals surface area contributed by atoms with Crippen LogP contribution < -0.4 is 10.1 Å². The molecule has 1 heterocycles. The van der Waals surface area contributed by atoms with E-state index in [0.29, 0.717) is 16.4 Å². The van der Waals surface area contributed by atoms with Crippen LogP contribution in [0.25, 0.3) is 11.3 Å². The summed E-state index contributed by atoms with van der Waals surface area (Å²) in [5.41, 5.74) is 1.12. The second kappa shape index (κ2) is 8.39. The molecule has 8 heteroatoms. The van der Waals surface area contributed by atoms with E-state index in [1.54, 1.807) is 18.4 Å². The van der Waals surface area contributed by atoms with Crippen LogP contribution in [-0.4, -0.2) is 30.6 Å². The number of methoxy groups -OCH3 is 1. The average Bonchev–Trinajstić information content (AvgIpc) is 3.01. The second-order valence-corrected chi connectivity index (χ2v) is 5.60. The standard InChI is InChI=1S/C16H17FN2O4S/c1-3-23-15(21)7-6-14(20)19-16-18-12(9-24-16)10-4-5-13(22-2)11(17)8-10/h4-5,8-9H,3,6-7H2,1-2H3,(H,18,19,20). The van der Waals surface area contributed by atoms with Crippen LogP contribution >= 0.6 is 11.3 Å². The van der Waals surface area contributed by atoms with Gasteiger partial charge in [0.15, 0.2) is 16.7 Å². The highest BCUT2D eigenvalue weighted by molar-refractivity contribution is 7.14. The summed E-state index contributed by atoms with van der Waals surface area (Å²) in [5.74, 6) is -1.07. The molecule has 1 N–H and O–H groups in total. The third kappa shape index (κ3) is 4.76. The quantitative estimate of drug-likeness (QED) is 0.774. The van der Waals surface area contributed by atoms with Crippen molar-refractivity contribution in [2.45, 2.75) is 19.8 Å². The minimum atomic E-state index is -0.483. The Bertz CT molecular complexity index is 733. The van der Waals surface area contributed by atoms with Crippen LogP contribution in [0.4, 0.5) is 9.52 Å². The van der Waals surface area contributed by atoms with Crippen LogP contribution in [-0.2, 0) is 14.3 Å². The molecule has 0 fully saturated rings. The highest BCUT2D eigenvalue weighted by atomic mass is 32.1. The summed E-state index contributed by atoms with van der Waals surface area (Å²) in [6.45, 7) is 1.99. The molecule has 0 saturated carbocycles. The van der Waals surface area contributed by atoms with Gasteiger partial charge in [0.05, 0.1) is 25.8 Å². The van der Waals surface area contributed by atoms with Gasteiger partial charge in [-0.1, -0.05) is 0 Å². The predicted molar refractivity (Wildman–Crippen MR) is 88.6 cm³/mol. The molecular formula is C16H17FN2O4S. The number of ether oxygens (including phenoxy) is 2. The average molecular weight is 352 g/mol. The number of hydrogen-bond donors (Lipinski definition) is 1. The molecule has 0 atom stereocenters. The number of benzene rings is 1. The Balaban J connectivity index is 1.96. The zero-order chi connectivity index (χ0) is 17.5. The van der Waals surface area contributed by atoms with Crippen molar-refractivity contribution in [2.75, 3.05) is 19.0 Å². The van der Waals surface area contributed by atoms with Gasteiger partial charge in [0, 0.05) is 17.4 Å². The normalized spacial score (nSPS) is 10.3. The lowest BCUT2D eigenvalue weighted by Gasteiger charge is -2.03. The molecule has 0 radical (unpaired) electrons. The molecule has 24 heavy (non-hydrogen) atoms. The van der Waals surface area contributed by atoms with Crippen molar-refractivity contribution < 1.29 is 23.5 Å². The molecular weight excluding hydrogens is 335 g/mol. The minimum absolute atomic E-state index is 0.0155. The number of carbonyl (C=O) groups is 2. The van der Waals surface area contributed by atoms with Gasteiger partial charge in [-0.3, -0.25) is 9.59 Å². The van der Waals surface area contributed by atoms with E-state index >= 15 is 0 Å². The number of amides is 1. The summed E-state index contributed by atoms with van der Waals surface area (Å²) in [4.78, 5) is 27.2. The van der Waals surface area contributed by atoms with Gasteiger partial charge in [-0.05, 0) is 25.1 Å². The molecule has 128 valence electrons. The Kier molecular flexibility index (Phi) is 6.25. The van der Waals surface area contributed by atoms with Gasteiger partial charge in [0.1, 0.15) is 0 Å². The number of thiazole rings is 1. The number of nitrogens with one attached hydrogen (secondary N) is 1. The zero-order valence-electron chi connectivity index (χ0n) is 13.3. The van der Waals surface area contributed by atoms with Crippen LogP contribution in [0.15, 0.2) is 23.6 Å². The number of halogens is 1. The number of esters is 1. The van der Waals surface area contributed by atoms with E-state index < -0.39 is 11.8 Å². The van der Waals surface area contributed by atoms with Crippen molar-refractivity contribution in [3.8, 4) is 17.0 Å². The molecule has 0 aliphatic heterocycles. The maximum atomic E-state index is 13.7. The van der Waals surface area contributed by atoms with Crippen LogP contribution in [0.1, 0.15) is 19.8 Å². The van der Waals surface area contributed by atoms with E-state index in [1.165, 1.54) is 30.6 Å². The molecule has 0 bridgehead atoms. The Hall–Kier alpha value is -2.48. The van der Waals surface area contributed by atoms with Crippen molar-refractivity contribution in [1.29, 1.82) is 0 Å². The number of hydrogen-bond acceptors (Lipinski definition) is 6. The smallest absolute Gasteiger partial charge is 0.306 e. The maximum Gasteiger partial charge on any atom is 0.306 e. The number of carbonyl (C=O) groups excluding carboxylic acids is 2. The van der Waals surface area contributed by atoms with Crippen molar-refractivity contribution >= 4 is 28.3 Å². The third-order valence-corrected chi connectivity index (χ3v) is 3.82. The van der Waals surface area contributed by atoms with Crippen LogP contribution in [0.3, 0.4) is 0 Å². The predicted octanol–water partition coefficient (Wildman–Crippen LogP) is 3.24. The molecule has 2 aromatic rings. The van der Waals surface area contributed by atoms with Gasteiger partial charge < -0.3 is 14.8 Å². The van der Waals surface area contributed by atoms with Crippen molar-refractivity contribution in [1.82, 2.24) is 4.98 Å². The van der Waals surface area contributed by atoms with E-state index in [-0.39, 0.29) is 31.1 Å².